The Morgan fingerprint density at radius 2 is 1.74 bits per heavy atom. The van der Waals surface area contributed by atoms with E-state index in [1.165, 1.54) is 56.3 Å². The highest BCUT2D eigenvalue weighted by Crippen LogP contribution is 2.34. The van der Waals surface area contributed by atoms with Crippen LogP contribution in [-0.4, -0.2) is 62.6 Å². The van der Waals surface area contributed by atoms with Gasteiger partial charge in [0.15, 0.2) is 5.96 Å². The van der Waals surface area contributed by atoms with Crippen molar-refractivity contribution in [2.45, 2.75) is 51.2 Å². The lowest BCUT2D eigenvalue weighted by Gasteiger charge is -2.26. The lowest BCUT2D eigenvalue weighted by Crippen LogP contribution is -2.45. The molecule has 5 heteroatoms. The highest BCUT2D eigenvalue weighted by molar-refractivity contribution is 5.79. The average molecular weight is 372 g/mol. The molecule has 3 rings (SSSR count). The Kier molecular flexibility index (Phi) is 7.53. The minimum Gasteiger partial charge on any atom is -0.355 e. The number of aliphatic imine (C=N–C) groups is 1. The molecule has 1 saturated carbocycles. The maximum absolute atomic E-state index is 4.38. The van der Waals surface area contributed by atoms with Gasteiger partial charge in [0, 0.05) is 32.7 Å². The number of guanidine groups is 1. The first kappa shape index (κ1) is 20.2. The topological polar surface area (TPSA) is 42.9 Å². The van der Waals surface area contributed by atoms with E-state index in [4.69, 9.17) is 0 Å². The Labute approximate surface area is 165 Å². The number of benzene rings is 1. The number of nitrogens with one attached hydrogen (secondary N) is 2. The van der Waals surface area contributed by atoms with Crippen LogP contribution in [-0.2, 0) is 13.1 Å². The van der Waals surface area contributed by atoms with E-state index in [0.29, 0.717) is 6.04 Å². The molecule has 27 heavy (non-hydrogen) atoms. The summed E-state index contributed by atoms with van der Waals surface area (Å²) in [5.74, 6) is 1.73. The summed E-state index contributed by atoms with van der Waals surface area (Å²) in [5, 5.41) is 6.95. The summed E-state index contributed by atoms with van der Waals surface area (Å²) >= 11 is 0. The van der Waals surface area contributed by atoms with Crippen LogP contribution < -0.4 is 10.6 Å². The molecule has 0 bridgehead atoms. The molecule has 2 aliphatic rings. The van der Waals surface area contributed by atoms with E-state index in [2.05, 4.69) is 63.8 Å². The second kappa shape index (κ2) is 10.1. The quantitative estimate of drug-likeness (QED) is 0.545. The summed E-state index contributed by atoms with van der Waals surface area (Å²) in [6, 6.07) is 9.63. The third-order valence-corrected chi connectivity index (χ3v) is 5.87. The fourth-order valence-corrected chi connectivity index (χ4v) is 4.00. The Hall–Kier alpha value is -1.59. The maximum atomic E-state index is 4.38. The minimum atomic E-state index is 0.595. The van der Waals surface area contributed by atoms with Gasteiger partial charge in [0.2, 0.25) is 0 Å². The summed E-state index contributed by atoms with van der Waals surface area (Å²) in [6.07, 6.45) is 6.82. The van der Waals surface area contributed by atoms with E-state index in [1.54, 1.807) is 0 Å². The third-order valence-electron chi connectivity index (χ3n) is 5.87. The van der Waals surface area contributed by atoms with Crippen LogP contribution in [0.5, 0.6) is 0 Å². The van der Waals surface area contributed by atoms with Crippen molar-refractivity contribution in [2.24, 2.45) is 10.9 Å². The zero-order valence-corrected chi connectivity index (χ0v) is 17.4. The van der Waals surface area contributed by atoms with E-state index in [0.717, 1.165) is 31.5 Å². The van der Waals surface area contributed by atoms with Gasteiger partial charge in [0.05, 0.1) is 0 Å². The molecule has 1 aliphatic heterocycles. The molecule has 0 aromatic heterocycles. The molecule has 2 N–H and O–H groups in total. The van der Waals surface area contributed by atoms with Crippen molar-refractivity contribution in [1.29, 1.82) is 0 Å². The van der Waals surface area contributed by atoms with Gasteiger partial charge in [0.25, 0.3) is 0 Å². The Morgan fingerprint density at radius 1 is 1.07 bits per heavy atom. The van der Waals surface area contributed by atoms with Crippen molar-refractivity contribution < 1.29 is 0 Å². The van der Waals surface area contributed by atoms with Crippen LogP contribution in [0.25, 0.3) is 0 Å². The van der Waals surface area contributed by atoms with Gasteiger partial charge in [-0.3, -0.25) is 9.89 Å². The van der Waals surface area contributed by atoms with E-state index < -0.39 is 0 Å². The molecule has 0 radical (unpaired) electrons. The van der Waals surface area contributed by atoms with Crippen molar-refractivity contribution in [3.63, 3.8) is 0 Å². The predicted molar refractivity (Wildman–Crippen MR) is 114 cm³/mol. The molecule has 150 valence electrons. The molecule has 1 atom stereocenters. The average Bonchev–Trinajstić information content (AvgIpc) is 3.51. The molecule has 1 aromatic rings. The van der Waals surface area contributed by atoms with Crippen LogP contribution in [0.3, 0.4) is 0 Å². The lowest BCUT2D eigenvalue weighted by atomic mass is 10.1. The fraction of sp³-hybridized carbons (Fsp3) is 0.682. The molecule has 1 saturated heterocycles. The van der Waals surface area contributed by atoms with Crippen molar-refractivity contribution in [2.75, 3.05) is 40.8 Å². The summed E-state index contributed by atoms with van der Waals surface area (Å²) in [5.41, 5.74) is 2.72. The van der Waals surface area contributed by atoms with Crippen molar-refractivity contribution in [1.82, 2.24) is 20.4 Å². The van der Waals surface area contributed by atoms with Crippen LogP contribution in [0, 0.1) is 5.92 Å². The van der Waals surface area contributed by atoms with Crippen LogP contribution in [0.4, 0.5) is 0 Å². The summed E-state index contributed by atoms with van der Waals surface area (Å²) in [7, 11) is 6.19. The van der Waals surface area contributed by atoms with Crippen LogP contribution >= 0.6 is 0 Å². The lowest BCUT2D eigenvalue weighted by molar-refractivity contribution is 0.221. The molecule has 1 unspecified atom stereocenters. The monoisotopic (exact) mass is 371 g/mol. The number of hydrogen-bond donors (Lipinski definition) is 2. The number of piperidine rings is 1. The maximum Gasteiger partial charge on any atom is 0.191 e. The van der Waals surface area contributed by atoms with Gasteiger partial charge in [-0.15, -0.1) is 0 Å². The zero-order chi connectivity index (χ0) is 19.1. The number of nitrogens with zero attached hydrogens (tertiary/aromatic N) is 3. The van der Waals surface area contributed by atoms with Crippen LogP contribution in [0.2, 0.25) is 0 Å². The van der Waals surface area contributed by atoms with E-state index in [1.807, 2.05) is 7.05 Å². The SMILES string of the molecule is CN=C(NCc1ccc(CN2CCCCC2)cc1)NCC(C1CC1)N(C)C. The van der Waals surface area contributed by atoms with E-state index in [-0.39, 0.29) is 0 Å². The minimum absolute atomic E-state index is 0.595. The Balaban J connectivity index is 1.42. The van der Waals surface area contributed by atoms with Gasteiger partial charge < -0.3 is 15.5 Å². The van der Waals surface area contributed by atoms with Crippen molar-refractivity contribution >= 4 is 5.96 Å². The molecule has 0 amide bonds. The summed E-state index contributed by atoms with van der Waals surface area (Å²) < 4.78 is 0. The third kappa shape index (κ3) is 6.51. The first-order valence-corrected chi connectivity index (χ1v) is 10.6. The molecule has 5 nitrogen and oxygen atoms in total. The largest absolute Gasteiger partial charge is 0.355 e. The van der Waals surface area contributed by atoms with Crippen LogP contribution in [0.1, 0.15) is 43.2 Å². The van der Waals surface area contributed by atoms with E-state index >= 15 is 0 Å². The van der Waals surface area contributed by atoms with Gasteiger partial charge in [-0.2, -0.15) is 0 Å². The molecule has 2 fully saturated rings. The number of likely N-dealkylation sites (tertiary alicyclic amines) is 1. The van der Waals surface area contributed by atoms with Gasteiger partial charge in [-0.25, -0.2) is 0 Å². The smallest absolute Gasteiger partial charge is 0.191 e. The summed E-state index contributed by atoms with van der Waals surface area (Å²) in [4.78, 5) is 9.28. The van der Waals surface area contributed by atoms with Gasteiger partial charge in [-0.05, 0) is 69.9 Å². The molecule has 1 aromatic carbocycles. The molecular weight excluding hydrogens is 334 g/mol. The van der Waals surface area contributed by atoms with Gasteiger partial charge in [-0.1, -0.05) is 30.7 Å². The Morgan fingerprint density at radius 3 is 2.33 bits per heavy atom. The van der Waals surface area contributed by atoms with Gasteiger partial charge in [0.1, 0.15) is 0 Å². The second-order valence-electron chi connectivity index (χ2n) is 8.33. The van der Waals surface area contributed by atoms with Gasteiger partial charge >= 0.3 is 0 Å². The second-order valence-corrected chi connectivity index (χ2v) is 8.33. The normalized spacial score (nSPS) is 19.9. The molecule has 1 aliphatic carbocycles. The number of hydrogen-bond acceptors (Lipinski definition) is 3. The highest BCUT2D eigenvalue weighted by atomic mass is 15.2. The first-order valence-electron chi connectivity index (χ1n) is 10.6. The summed E-state index contributed by atoms with van der Waals surface area (Å²) in [6.45, 7) is 5.34. The highest BCUT2D eigenvalue weighted by Gasteiger charge is 2.32. The Bertz CT molecular complexity index is 583. The van der Waals surface area contributed by atoms with Crippen molar-refractivity contribution in [3.8, 4) is 0 Å². The molecule has 1 heterocycles. The van der Waals surface area contributed by atoms with Crippen LogP contribution in [0.15, 0.2) is 29.3 Å². The fourth-order valence-electron chi connectivity index (χ4n) is 4.00. The zero-order valence-electron chi connectivity index (χ0n) is 17.4. The number of rotatable bonds is 8. The predicted octanol–water partition coefficient (Wildman–Crippen LogP) is 2.68. The number of likely N-dealkylation sites (N-methyl/N-ethyl adjacent to an activating group) is 1. The molecular formula is C22H37N5. The van der Waals surface area contributed by atoms with Crippen molar-refractivity contribution in [3.05, 3.63) is 35.4 Å². The van der Waals surface area contributed by atoms with E-state index in [9.17, 15) is 0 Å². The standard InChI is InChI=1S/C22H37N5/c1-23-22(25-16-21(26(2)3)20-11-12-20)24-15-18-7-9-19(10-8-18)17-27-13-5-4-6-14-27/h7-10,20-21H,4-6,11-17H2,1-3H3,(H2,23,24,25). The first-order chi connectivity index (χ1) is 13.2. The molecule has 0 spiro atoms.